The van der Waals surface area contributed by atoms with Crippen molar-refractivity contribution in [3.8, 4) is 0 Å². The van der Waals surface area contributed by atoms with Gasteiger partial charge in [0.2, 0.25) is 5.91 Å². The largest absolute Gasteiger partial charge is 0.370 e. The zero-order valence-electron chi connectivity index (χ0n) is 13.1. The number of carbonyl (C=O) groups is 1. The molecule has 6 heteroatoms. The number of anilines is 2. The first kappa shape index (κ1) is 15.5. The van der Waals surface area contributed by atoms with Gasteiger partial charge in [-0.05, 0) is 33.1 Å². The lowest BCUT2D eigenvalue weighted by molar-refractivity contribution is -0.122. The minimum atomic E-state index is -0.217. The maximum Gasteiger partial charge on any atom is 0.222 e. The summed E-state index contributed by atoms with van der Waals surface area (Å²) in [4.78, 5) is 22.5. The van der Waals surface area contributed by atoms with Crippen LogP contribution in [0.5, 0.6) is 0 Å². The van der Waals surface area contributed by atoms with E-state index in [0.717, 1.165) is 43.0 Å². The molecule has 1 aromatic rings. The number of nitrogens with one attached hydrogen (secondary N) is 1. The minimum absolute atomic E-state index is 0.0940. The van der Waals surface area contributed by atoms with Crippen molar-refractivity contribution in [2.75, 3.05) is 23.3 Å². The van der Waals surface area contributed by atoms with Gasteiger partial charge in [-0.3, -0.25) is 4.79 Å². The van der Waals surface area contributed by atoms with Crippen LogP contribution in [0.3, 0.4) is 0 Å². The number of hydrogen-bond acceptors (Lipinski definition) is 5. The fourth-order valence-electron chi connectivity index (χ4n) is 2.93. The highest BCUT2D eigenvalue weighted by Gasteiger charge is 2.31. The van der Waals surface area contributed by atoms with Crippen LogP contribution in [-0.4, -0.2) is 35.0 Å². The topological polar surface area (TPSA) is 84.1 Å². The van der Waals surface area contributed by atoms with E-state index in [1.165, 1.54) is 0 Å². The van der Waals surface area contributed by atoms with Crippen molar-refractivity contribution in [3.63, 3.8) is 0 Å². The molecule has 2 atom stereocenters. The van der Waals surface area contributed by atoms with Gasteiger partial charge in [-0.2, -0.15) is 0 Å². The van der Waals surface area contributed by atoms with Crippen molar-refractivity contribution in [1.29, 1.82) is 0 Å². The van der Waals surface area contributed by atoms with Gasteiger partial charge in [0.05, 0.1) is 5.92 Å². The van der Waals surface area contributed by atoms with Crippen LogP contribution in [0.1, 0.15) is 39.2 Å². The van der Waals surface area contributed by atoms with E-state index in [-0.39, 0.29) is 11.8 Å². The summed E-state index contributed by atoms with van der Waals surface area (Å²) in [5.74, 6) is 1.51. The van der Waals surface area contributed by atoms with Crippen molar-refractivity contribution < 1.29 is 4.79 Å². The Labute approximate surface area is 126 Å². The van der Waals surface area contributed by atoms with Gasteiger partial charge in [0.15, 0.2) is 0 Å². The second-order valence-corrected chi connectivity index (χ2v) is 5.59. The monoisotopic (exact) mass is 291 g/mol. The Hall–Kier alpha value is -1.85. The first-order valence-electron chi connectivity index (χ1n) is 7.72. The lowest BCUT2D eigenvalue weighted by Gasteiger charge is -2.38. The summed E-state index contributed by atoms with van der Waals surface area (Å²) in [6.45, 7) is 7.79. The average molecular weight is 291 g/mol. The molecule has 2 unspecified atom stereocenters. The van der Waals surface area contributed by atoms with Gasteiger partial charge < -0.3 is 16.0 Å². The minimum Gasteiger partial charge on any atom is -0.370 e. The van der Waals surface area contributed by atoms with Gasteiger partial charge in [0.1, 0.15) is 18.0 Å². The van der Waals surface area contributed by atoms with Crippen LogP contribution in [0, 0.1) is 5.92 Å². The molecule has 2 heterocycles. The summed E-state index contributed by atoms with van der Waals surface area (Å²) in [7, 11) is 0. The third-order valence-electron chi connectivity index (χ3n) is 4.18. The average Bonchev–Trinajstić information content (AvgIpc) is 2.47. The van der Waals surface area contributed by atoms with Crippen molar-refractivity contribution in [1.82, 2.24) is 9.97 Å². The Morgan fingerprint density at radius 2 is 2.19 bits per heavy atom. The Balaban J connectivity index is 2.34. The number of hydrogen-bond donors (Lipinski definition) is 2. The molecule has 0 aromatic carbocycles. The molecule has 1 saturated heterocycles. The van der Waals surface area contributed by atoms with E-state index < -0.39 is 0 Å². The fourth-order valence-corrected chi connectivity index (χ4v) is 2.93. The number of carbonyl (C=O) groups excluding carboxylic acids is 1. The number of primary amides is 1. The Bertz CT molecular complexity index is 505. The van der Waals surface area contributed by atoms with Crippen LogP contribution in [0.15, 0.2) is 6.33 Å². The second kappa shape index (κ2) is 6.74. The molecule has 0 saturated carbocycles. The van der Waals surface area contributed by atoms with Crippen molar-refractivity contribution in [2.45, 2.75) is 46.1 Å². The predicted octanol–water partition coefficient (Wildman–Crippen LogP) is 1.56. The molecule has 1 aromatic heterocycles. The SMILES string of the molecule is CCNc1ncnc(N2CC(C(N)=O)CCC2C)c1CC. The molecule has 3 N–H and O–H groups in total. The third-order valence-corrected chi connectivity index (χ3v) is 4.18. The molecule has 1 aliphatic heterocycles. The molecular weight excluding hydrogens is 266 g/mol. The van der Waals surface area contributed by atoms with Gasteiger partial charge in [-0.15, -0.1) is 0 Å². The van der Waals surface area contributed by atoms with Gasteiger partial charge in [-0.1, -0.05) is 6.92 Å². The van der Waals surface area contributed by atoms with Gasteiger partial charge in [-0.25, -0.2) is 9.97 Å². The second-order valence-electron chi connectivity index (χ2n) is 5.59. The van der Waals surface area contributed by atoms with Crippen molar-refractivity contribution in [2.24, 2.45) is 11.7 Å². The highest BCUT2D eigenvalue weighted by molar-refractivity contribution is 5.77. The predicted molar refractivity (Wildman–Crippen MR) is 84.3 cm³/mol. The zero-order valence-corrected chi connectivity index (χ0v) is 13.1. The molecule has 1 fully saturated rings. The maximum atomic E-state index is 11.5. The number of aromatic nitrogens is 2. The van der Waals surface area contributed by atoms with Crippen LogP contribution in [0.4, 0.5) is 11.6 Å². The molecular formula is C15H25N5O. The number of rotatable bonds is 5. The van der Waals surface area contributed by atoms with Crippen molar-refractivity contribution in [3.05, 3.63) is 11.9 Å². The highest BCUT2D eigenvalue weighted by atomic mass is 16.1. The molecule has 116 valence electrons. The van der Waals surface area contributed by atoms with E-state index in [1.807, 2.05) is 6.92 Å². The Morgan fingerprint density at radius 3 is 2.81 bits per heavy atom. The number of piperidine rings is 1. The summed E-state index contributed by atoms with van der Waals surface area (Å²) in [5.41, 5.74) is 6.60. The smallest absolute Gasteiger partial charge is 0.222 e. The Kier molecular flexibility index (Phi) is 4.98. The molecule has 1 amide bonds. The third kappa shape index (κ3) is 3.25. The highest BCUT2D eigenvalue weighted by Crippen LogP contribution is 2.31. The summed E-state index contributed by atoms with van der Waals surface area (Å²) < 4.78 is 0. The Morgan fingerprint density at radius 1 is 1.43 bits per heavy atom. The number of nitrogens with zero attached hydrogens (tertiary/aromatic N) is 3. The molecule has 6 nitrogen and oxygen atoms in total. The fraction of sp³-hybridized carbons (Fsp3) is 0.667. The zero-order chi connectivity index (χ0) is 15.4. The molecule has 1 aliphatic rings. The number of amides is 1. The van der Waals surface area contributed by atoms with Gasteiger partial charge in [0, 0.05) is 24.7 Å². The summed E-state index contributed by atoms with van der Waals surface area (Å²) in [6.07, 6.45) is 4.26. The molecule has 0 spiro atoms. The first-order valence-corrected chi connectivity index (χ1v) is 7.72. The van der Waals surface area contributed by atoms with Crippen LogP contribution >= 0.6 is 0 Å². The lowest BCUT2D eigenvalue weighted by Crippen LogP contribution is -2.46. The van der Waals surface area contributed by atoms with Crippen molar-refractivity contribution >= 4 is 17.5 Å². The normalized spacial score (nSPS) is 22.1. The molecule has 21 heavy (non-hydrogen) atoms. The first-order chi connectivity index (χ1) is 10.1. The molecule has 2 rings (SSSR count). The maximum absolute atomic E-state index is 11.5. The van der Waals surface area contributed by atoms with Crippen LogP contribution in [-0.2, 0) is 11.2 Å². The molecule has 0 radical (unpaired) electrons. The van der Waals surface area contributed by atoms with Gasteiger partial charge in [0.25, 0.3) is 0 Å². The van der Waals surface area contributed by atoms with E-state index in [2.05, 4.69) is 34.0 Å². The van der Waals surface area contributed by atoms with Crippen LogP contribution in [0.25, 0.3) is 0 Å². The standard InChI is InChI=1S/C15H25N5O/c1-4-12-14(17-5-2)18-9-19-15(12)20-8-11(13(16)21)7-6-10(20)3/h9-11H,4-8H2,1-3H3,(H2,16,21)(H,17,18,19). The van der Waals surface area contributed by atoms with Gasteiger partial charge >= 0.3 is 0 Å². The van der Waals surface area contributed by atoms with E-state index in [9.17, 15) is 4.79 Å². The van der Waals surface area contributed by atoms with Crippen LogP contribution < -0.4 is 16.0 Å². The lowest BCUT2D eigenvalue weighted by atomic mass is 9.92. The molecule has 0 bridgehead atoms. The summed E-state index contributed by atoms with van der Waals surface area (Å²) >= 11 is 0. The van der Waals surface area contributed by atoms with Crippen LogP contribution in [0.2, 0.25) is 0 Å². The quantitative estimate of drug-likeness (QED) is 0.860. The van der Waals surface area contributed by atoms with E-state index in [0.29, 0.717) is 12.6 Å². The van der Waals surface area contributed by atoms with E-state index in [1.54, 1.807) is 6.33 Å². The van der Waals surface area contributed by atoms with E-state index >= 15 is 0 Å². The summed E-state index contributed by atoms with van der Waals surface area (Å²) in [6, 6.07) is 0.357. The van der Waals surface area contributed by atoms with E-state index in [4.69, 9.17) is 5.73 Å². The molecule has 0 aliphatic carbocycles. The summed E-state index contributed by atoms with van der Waals surface area (Å²) in [5, 5.41) is 3.29. The number of nitrogens with two attached hydrogens (primary N) is 1.